The average Bonchev–Trinajstić information content (AvgIpc) is 2.86. The van der Waals surface area contributed by atoms with Gasteiger partial charge in [-0.1, -0.05) is 11.6 Å². The molecule has 1 aromatic carbocycles. The van der Waals surface area contributed by atoms with Crippen LogP contribution in [0.3, 0.4) is 0 Å². The third-order valence-corrected chi connectivity index (χ3v) is 4.80. The van der Waals surface area contributed by atoms with Crippen molar-refractivity contribution < 1.29 is 9.47 Å². The van der Waals surface area contributed by atoms with Gasteiger partial charge in [0.05, 0.1) is 23.9 Å². The normalized spacial score (nSPS) is 16.9. The zero-order chi connectivity index (χ0) is 17.2. The zero-order valence-electron chi connectivity index (χ0n) is 14.2. The highest BCUT2D eigenvalue weighted by atomic mass is 35.5. The van der Waals surface area contributed by atoms with Crippen molar-refractivity contribution in [2.24, 2.45) is 0 Å². The summed E-state index contributed by atoms with van der Waals surface area (Å²) >= 11 is 6.37. The van der Waals surface area contributed by atoms with Crippen LogP contribution in [0.4, 0.5) is 5.82 Å². The van der Waals surface area contributed by atoms with Crippen molar-refractivity contribution >= 4 is 17.4 Å². The standard InChI is InChI=1S/C18H21ClN4O2/c1-23-4-3-15-13(10-23)18(22-11-21-15)20-9-12-7-14(19)17-16(8-12)24-5-2-6-25-17/h7-8,11H,2-6,9-10H2,1H3,(H,20,21,22). The molecule has 2 aliphatic heterocycles. The van der Waals surface area contributed by atoms with Gasteiger partial charge in [0.25, 0.3) is 0 Å². The third-order valence-electron chi connectivity index (χ3n) is 4.51. The Labute approximate surface area is 152 Å². The van der Waals surface area contributed by atoms with E-state index in [4.69, 9.17) is 21.1 Å². The second kappa shape index (κ2) is 7.06. The Balaban J connectivity index is 1.54. The minimum Gasteiger partial charge on any atom is -0.489 e. The summed E-state index contributed by atoms with van der Waals surface area (Å²) in [5.41, 5.74) is 3.34. The van der Waals surface area contributed by atoms with Gasteiger partial charge in [-0.2, -0.15) is 0 Å². The molecule has 6 nitrogen and oxygen atoms in total. The summed E-state index contributed by atoms with van der Waals surface area (Å²) in [6, 6.07) is 3.90. The van der Waals surface area contributed by atoms with Gasteiger partial charge in [-0.25, -0.2) is 9.97 Å². The molecule has 0 radical (unpaired) electrons. The lowest BCUT2D eigenvalue weighted by Crippen LogP contribution is -2.28. The van der Waals surface area contributed by atoms with Gasteiger partial charge in [-0.3, -0.25) is 0 Å². The number of rotatable bonds is 3. The first-order valence-corrected chi connectivity index (χ1v) is 8.91. The summed E-state index contributed by atoms with van der Waals surface area (Å²) in [7, 11) is 2.11. The molecule has 7 heteroatoms. The molecule has 0 saturated heterocycles. The number of likely N-dealkylation sites (N-methyl/N-ethyl adjacent to an activating group) is 1. The van der Waals surface area contributed by atoms with Crippen LogP contribution in [0.5, 0.6) is 11.5 Å². The molecule has 132 valence electrons. The summed E-state index contributed by atoms with van der Waals surface area (Å²) < 4.78 is 11.4. The summed E-state index contributed by atoms with van der Waals surface area (Å²) in [5.74, 6) is 2.25. The van der Waals surface area contributed by atoms with E-state index in [-0.39, 0.29) is 0 Å². The van der Waals surface area contributed by atoms with Crippen LogP contribution < -0.4 is 14.8 Å². The van der Waals surface area contributed by atoms with Gasteiger partial charge in [0.1, 0.15) is 12.1 Å². The Morgan fingerprint density at radius 3 is 3.04 bits per heavy atom. The van der Waals surface area contributed by atoms with E-state index in [1.165, 1.54) is 5.56 Å². The fourth-order valence-corrected chi connectivity index (χ4v) is 3.49. The number of nitrogens with zero attached hydrogens (tertiary/aromatic N) is 3. The molecule has 0 unspecified atom stereocenters. The molecule has 25 heavy (non-hydrogen) atoms. The Bertz CT molecular complexity index is 784. The van der Waals surface area contributed by atoms with Crippen LogP contribution in [0.2, 0.25) is 5.02 Å². The minimum atomic E-state index is 0.584. The molecule has 0 bridgehead atoms. The Morgan fingerprint density at radius 2 is 2.12 bits per heavy atom. The predicted molar refractivity (Wildman–Crippen MR) is 96.5 cm³/mol. The van der Waals surface area contributed by atoms with Gasteiger partial charge in [-0.05, 0) is 24.7 Å². The molecule has 0 amide bonds. The molecule has 0 saturated carbocycles. The van der Waals surface area contributed by atoms with Crippen LogP contribution in [0.1, 0.15) is 23.2 Å². The van der Waals surface area contributed by atoms with E-state index in [0.29, 0.717) is 36.3 Å². The maximum Gasteiger partial charge on any atom is 0.179 e. The first-order valence-electron chi connectivity index (χ1n) is 8.54. The molecule has 1 aromatic heterocycles. The molecule has 4 rings (SSSR count). The fourth-order valence-electron chi connectivity index (χ4n) is 3.20. The van der Waals surface area contributed by atoms with E-state index in [9.17, 15) is 0 Å². The molecule has 2 aromatic rings. The van der Waals surface area contributed by atoms with Crippen molar-refractivity contribution in [2.75, 3.05) is 32.1 Å². The van der Waals surface area contributed by atoms with Crippen molar-refractivity contribution in [1.82, 2.24) is 14.9 Å². The number of fused-ring (bicyclic) bond motifs is 2. The van der Waals surface area contributed by atoms with Gasteiger partial charge in [-0.15, -0.1) is 0 Å². The van der Waals surface area contributed by atoms with E-state index < -0.39 is 0 Å². The number of hydrogen-bond donors (Lipinski definition) is 1. The second-order valence-corrected chi connectivity index (χ2v) is 6.85. The van der Waals surface area contributed by atoms with Crippen LogP contribution in [-0.2, 0) is 19.5 Å². The van der Waals surface area contributed by atoms with E-state index in [1.54, 1.807) is 6.33 Å². The van der Waals surface area contributed by atoms with Crippen molar-refractivity contribution in [3.05, 3.63) is 40.3 Å². The van der Waals surface area contributed by atoms with Gasteiger partial charge in [0.2, 0.25) is 0 Å². The SMILES string of the molecule is CN1CCc2ncnc(NCc3cc(Cl)c4c(c3)OCCCO4)c2C1. The largest absolute Gasteiger partial charge is 0.489 e. The lowest BCUT2D eigenvalue weighted by molar-refractivity contribution is 0.297. The maximum absolute atomic E-state index is 6.37. The highest BCUT2D eigenvalue weighted by molar-refractivity contribution is 6.32. The van der Waals surface area contributed by atoms with Crippen LogP contribution >= 0.6 is 11.6 Å². The third kappa shape index (κ3) is 3.50. The number of benzene rings is 1. The fraction of sp³-hybridized carbons (Fsp3) is 0.444. The van der Waals surface area contributed by atoms with E-state index >= 15 is 0 Å². The van der Waals surface area contributed by atoms with Gasteiger partial charge >= 0.3 is 0 Å². The molecule has 1 N–H and O–H groups in total. The zero-order valence-corrected chi connectivity index (χ0v) is 15.0. The van der Waals surface area contributed by atoms with Crippen LogP contribution in [-0.4, -0.2) is 41.7 Å². The molecule has 0 atom stereocenters. The summed E-state index contributed by atoms with van der Waals surface area (Å²) in [6.45, 7) is 3.78. The van der Waals surface area contributed by atoms with Crippen molar-refractivity contribution in [2.45, 2.75) is 25.9 Å². The lowest BCUT2D eigenvalue weighted by Gasteiger charge is -2.25. The minimum absolute atomic E-state index is 0.584. The van der Waals surface area contributed by atoms with Crippen molar-refractivity contribution in [3.8, 4) is 11.5 Å². The first-order chi connectivity index (χ1) is 12.2. The van der Waals surface area contributed by atoms with Crippen LogP contribution in [0.25, 0.3) is 0 Å². The number of halogens is 1. The van der Waals surface area contributed by atoms with Crippen LogP contribution in [0, 0.1) is 0 Å². The average molecular weight is 361 g/mol. The summed E-state index contributed by atoms with van der Waals surface area (Å²) in [5, 5.41) is 4.01. The number of ether oxygens (including phenoxy) is 2. The highest BCUT2D eigenvalue weighted by Crippen LogP contribution is 2.38. The monoisotopic (exact) mass is 360 g/mol. The van der Waals surface area contributed by atoms with Gasteiger partial charge < -0.3 is 19.7 Å². The van der Waals surface area contributed by atoms with Crippen molar-refractivity contribution in [1.29, 1.82) is 0 Å². The molecule has 3 heterocycles. The molecular weight excluding hydrogens is 340 g/mol. The summed E-state index contributed by atoms with van der Waals surface area (Å²) in [6.07, 6.45) is 3.45. The number of anilines is 1. The van der Waals surface area contributed by atoms with Crippen molar-refractivity contribution in [3.63, 3.8) is 0 Å². The van der Waals surface area contributed by atoms with E-state index in [1.807, 2.05) is 12.1 Å². The van der Waals surface area contributed by atoms with Crippen LogP contribution in [0.15, 0.2) is 18.5 Å². The second-order valence-electron chi connectivity index (χ2n) is 6.44. The number of hydrogen-bond acceptors (Lipinski definition) is 6. The first kappa shape index (κ1) is 16.4. The van der Waals surface area contributed by atoms with E-state index in [0.717, 1.165) is 43.0 Å². The molecule has 2 aliphatic rings. The van der Waals surface area contributed by atoms with Gasteiger partial charge in [0, 0.05) is 38.0 Å². The van der Waals surface area contributed by atoms with Gasteiger partial charge in [0.15, 0.2) is 11.5 Å². The number of aromatic nitrogens is 2. The number of nitrogens with one attached hydrogen (secondary N) is 1. The lowest BCUT2D eigenvalue weighted by atomic mass is 10.1. The smallest absolute Gasteiger partial charge is 0.179 e. The summed E-state index contributed by atoms with van der Waals surface area (Å²) in [4.78, 5) is 11.1. The maximum atomic E-state index is 6.37. The molecule has 0 aliphatic carbocycles. The predicted octanol–water partition coefficient (Wildman–Crippen LogP) is 2.89. The topological polar surface area (TPSA) is 59.5 Å². The molecule has 0 fully saturated rings. The quantitative estimate of drug-likeness (QED) is 0.908. The van der Waals surface area contributed by atoms with E-state index in [2.05, 4.69) is 27.2 Å². The highest BCUT2D eigenvalue weighted by Gasteiger charge is 2.19. The Kier molecular flexibility index (Phi) is 4.63. The molecule has 0 spiro atoms. The Morgan fingerprint density at radius 1 is 1.24 bits per heavy atom. The molecular formula is C18H21ClN4O2. The Hall–Kier alpha value is -2.05.